The van der Waals surface area contributed by atoms with E-state index in [0.29, 0.717) is 0 Å². The van der Waals surface area contributed by atoms with Crippen LogP contribution >= 0.6 is 0 Å². The Kier molecular flexibility index (Phi) is 4.48. The quantitative estimate of drug-likeness (QED) is 0.674. The third-order valence-corrected chi connectivity index (χ3v) is 3.75. The van der Waals surface area contributed by atoms with Gasteiger partial charge in [0.1, 0.15) is 11.6 Å². The number of aromatic amines is 1. The van der Waals surface area contributed by atoms with Gasteiger partial charge >= 0.3 is 0 Å². The molecule has 1 atom stereocenters. The van der Waals surface area contributed by atoms with E-state index in [9.17, 15) is 14.3 Å². The number of H-pyrrole nitrogens is 1. The highest BCUT2D eigenvalue weighted by atomic mass is 19.1. The summed E-state index contributed by atoms with van der Waals surface area (Å²) >= 11 is 0. The van der Waals surface area contributed by atoms with Crippen LogP contribution in [0.4, 0.5) is 4.39 Å². The van der Waals surface area contributed by atoms with Crippen LogP contribution in [0.2, 0.25) is 0 Å². The number of amides is 1. The van der Waals surface area contributed by atoms with Gasteiger partial charge in [0.15, 0.2) is 6.10 Å². The van der Waals surface area contributed by atoms with Gasteiger partial charge in [-0.05, 0) is 42.0 Å². The first-order valence-corrected chi connectivity index (χ1v) is 7.43. The number of aromatic nitrogens is 1. The predicted molar refractivity (Wildman–Crippen MR) is 88.1 cm³/mol. The van der Waals surface area contributed by atoms with Crippen molar-refractivity contribution < 1.29 is 19.0 Å². The fourth-order valence-electron chi connectivity index (χ4n) is 2.50. The van der Waals surface area contributed by atoms with Gasteiger partial charge in [-0.15, -0.1) is 0 Å². The zero-order valence-electron chi connectivity index (χ0n) is 13.0. The van der Waals surface area contributed by atoms with Gasteiger partial charge in [0.25, 0.3) is 5.91 Å². The number of aliphatic hydroxyl groups excluding tert-OH is 1. The summed E-state index contributed by atoms with van der Waals surface area (Å²) in [6.45, 7) is 0.224. The number of carbonyl (C=O) groups is 1. The number of hydrogen-bond acceptors (Lipinski definition) is 3. The average Bonchev–Trinajstić information content (AvgIpc) is 3.00. The Morgan fingerprint density at radius 3 is 2.88 bits per heavy atom. The van der Waals surface area contributed by atoms with Crippen LogP contribution < -0.4 is 10.1 Å². The van der Waals surface area contributed by atoms with Crippen LogP contribution in [-0.4, -0.2) is 23.1 Å². The van der Waals surface area contributed by atoms with Crippen LogP contribution in [0.3, 0.4) is 0 Å². The summed E-state index contributed by atoms with van der Waals surface area (Å²) in [4.78, 5) is 15.2. The van der Waals surface area contributed by atoms with Crippen LogP contribution in [0, 0.1) is 5.82 Å². The molecule has 0 saturated carbocycles. The van der Waals surface area contributed by atoms with Crippen molar-refractivity contribution in [2.45, 2.75) is 12.6 Å². The van der Waals surface area contributed by atoms with Gasteiger partial charge in [-0.2, -0.15) is 0 Å². The number of rotatable bonds is 5. The second kappa shape index (κ2) is 6.72. The zero-order valence-corrected chi connectivity index (χ0v) is 13.0. The molecule has 5 nitrogen and oxygen atoms in total. The first-order valence-electron chi connectivity index (χ1n) is 7.43. The van der Waals surface area contributed by atoms with Crippen molar-refractivity contribution in [3.63, 3.8) is 0 Å². The van der Waals surface area contributed by atoms with E-state index in [-0.39, 0.29) is 12.1 Å². The van der Waals surface area contributed by atoms with Crippen molar-refractivity contribution in [2.24, 2.45) is 0 Å². The summed E-state index contributed by atoms with van der Waals surface area (Å²) in [5.41, 5.74) is 1.93. The maximum Gasteiger partial charge on any atom is 0.253 e. The van der Waals surface area contributed by atoms with Crippen LogP contribution in [-0.2, 0) is 11.3 Å². The van der Waals surface area contributed by atoms with Crippen molar-refractivity contribution in [3.8, 4) is 5.75 Å². The first kappa shape index (κ1) is 16.0. The highest BCUT2D eigenvalue weighted by Crippen LogP contribution is 2.21. The fraction of sp³-hybridized carbons (Fsp3) is 0.167. The second-order valence-corrected chi connectivity index (χ2v) is 5.42. The van der Waals surface area contributed by atoms with Gasteiger partial charge in [-0.1, -0.05) is 12.1 Å². The third-order valence-electron chi connectivity index (χ3n) is 3.75. The lowest BCUT2D eigenvalue weighted by atomic mass is 10.1. The number of nitrogens with one attached hydrogen (secondary N) is 2. The lowest BCUT2D eigenvalue weighted by Gasteiger charge is -2.11. The van der Waals surface area contributed by atoms with E-state index in [1.807, 2.05) is 24.3 Å². The van der Waals surface area contributed by atoms with Crippen molar-refractivity contribution in [1.29, 1.82) is 0 Å². The second-order valence-electron chi connectivity index (χ2n) is 5.42. The SMILES string of the molecule is COc1ccc2[nH]c(CNC(=O)C(O)c3cccc(F)c3)cc2c1. The summed E-state index contributed by atoms with van der Waals surface area (Å²) in [6.07, 6.45) is -1.41. The van der Waals surface area contributed by atoms with Crippen LogP contribution in [0.25, 0.3) is 10.9 Å². The Labute approximate surface area is 138 Å². The molecule has 0 saturated heterocycles. The predicted octanol–water partition coefficient (Wildman–Crippen LogP) is 2.67. The molecule has 6 heteroatoms. The fourth-order valence-corrected chi connectivity index (χ4v) is 2.50. The number of aliphatic hydroxyl groups is 1. The van der Waals surface area contributed by atoms with Crippen molar-refractivity contribution in [1.82, 2.24) is 10.3 Å². The molecule has 0 fully saturated rings. The van der Waals surface area contributed by atoms with E-state index in [1.54, 1.807) is 7.11 Å². The van der Waals surface area contributed by atoms with Crippen molar-refractivity contribution >= 4 is 16.8 Å². The molecular weight excluding hydrogens is 311 g/mol. The Morgan fingerprint density at radius 1 is 1.29 bits per heavy atom. The number of benzene rings is 2. The minimum atomic E-state index is -1.41. The number of fused-ring (bicyclic) bond motifs is 1. The number of hydrogen-bond donors (Lipinski definition) is 3. The molecule has 1 heterocycles. The smallest absolute Gasteiger partial charge is 0.253 e. The van der Waals surface area contributed by atoms with Crippen LogP contribution in [0.15, 0.2) is 48.5 Å². The number of carbonyl (C=O) groups excluding carboxylic acids is 1. The lowest BCUT2D eigenvalue weighted by Crippen LogP contribution is -2.29. The molecule has 1 unspecified atom stereocenters. The largest absolute Gasteiger partial charge is 0.497 e. The Morgan fingerprint density at radius 2 is 2.12 bits per heavy atom. The van der Waals surface area contributed by atoms with Crippen LogP contribution in [0.1, 0.15) is 17.4 Å². The molecule has 3 rings (SSSR count). The molecule has 2 aromatic carbocycles. The summed E-state index contributed by atoms with van der Waals surface area (Å²) in [5, 5.41) is 13.6. The maximum absolute atomic E-state index is 13.2. The highest BCUT2D eigenvalue weighted by molar-refractivity contribution is 5.83. The van der Waals surface area contributed by atoms with Crippen LogP contribution in [0.5, 0.6) is 5.75 Å². The molecule has 0 radical (unpaired) electrons. The van der Waals surface area contributed by atoms with Gasteiger partial charge in [0, 0.05) is 16.6 Å². The van der Waals surface area contributed by atoms with E-state index >= 15 is 0 Å². The third kappa shape index (κ3) is 3.38. The molecule has 1 aromatic heterocycles. The first-order chi connectivity index (χ1) is 11.6. The zero-order chi connectivity index (χ0) is 17.1. The van der Waals surface area contributed by atoms with Gasteiger partial charge in [-0.3, -0.25) is 4.79 Å². The molecule has 3 N–H and O–H groups in total. The van der Waals surface area contributed by atoms with E-state index in [4.69, 9.17) is 4.74 Å². The average molecular weight is 328 g/mol. The van der Waals surface area contributed by atoms with E-state index < -0.39 is 17.8 Å². The molecule has 24 heavy (non-hydrogen) atoms. The Balaban J connectivity index is 1.67. The molecule has 0 aliphatic heterocycles. The van der Waals surface area contributed by atoms with E-state index in [0.717, 1.165) is 28.4 Å². The molecule has 0 aliphatic carbocycles. The maximum atomic E-state index is 13.2. The molecular formula is C18H17FN2O3. The molecule has 3 aromatic rings. The number of methoxy groups -OCH3 is 1. The monoisotopic (exact) mass is 328 g/mol. The molecule has 0 aliphatic rings. The molecule has 124 valence electrons. The minimum Gasteiger partial charge on any atom is -0.497 e. The van der Waals surface area contributed by atoms with Gasteiger partial charge < -0.3 is 20.1 Å². The molecule has 0 spiro atoms. The van der Waals surface area contributed by atoms with E-state index in [2.05, 4.69) is 10.3 Å². The minimum absolute atomic E-state index is 0.217. The summed E-state index contributed by atoms with van der Waals surface area (Å²) < 4.78 is 18.3. The number of ether oxygens (including phenoxy) is 1. The molecule has 0 bridgehead atoms. The van der Waals surface area contributed by atoms with Gasteiger partial charge in [0.05, 0.1) is 13.7 Å². The van der Waals surface area contributed by atoms with Gasteiger partial charge in [0.2, 0.25) is 0 Å². The summed E-state index contributed by atoms with van der Waals surface area (Å²) in [7, 11) is 1.60. The standard InChI is InChI=1S/C18H17FN2O3/c1-24-15-5-6-16-12(9-15)8-14(21-16)10-20-18(23)17(22)11-3-2-4-13(19)7-11/h2-9,17,21-22H,10H2,1H3,(H,20,23). The topological polar surface area (TPSA) is 74.3 Å². The van der Waals surface area contributed by atoms with Crippen molar-refractivity contribution in [2.75, 3.05) is 7.11 Å². The highest BCUT2D eigenvalue weighted by Gasteiger charge is 2.17. The molecule has 1 amide bonds. The summed E-state index contributed by atoms with van der Waals surface area (Å²) in [6, 6.07) is 12.9. The lowest BCUT2D eigenvalue weighted by molar-refractivity contribution is -0.129. The Bertz CT molecular complexity index is 876. The van der Waals surface area contributed by atoms with Crippen molar-refractivity contribution in [3.05, 3.63) is 65.6 Å². The van der Waals surface area contributed by atoms with Gasteiger partial charge in [-0.25, -0.2) is 4.39 Å². The van der Waals surface area contributed by atoms with E-state index in [1.165, 1.54) is 18.2 Å². The summed E-state index contributed by atoms with van der Waals surface area (Å²) in [5.74, 6) is -0.334. The normalized spacial score (nSPS) is 12.1. The number of halogens is 1. The Hall–Kier alpha value is -2.86.